The first kappa shape index (κ1) is 10.2. The maximum atomic E-state index is 10.8. The lowest BCUT2D eigenvalue weighted by Gasteiger charge is -2.20. The van der Waals surface area contributed by atoms with E-state index in [1.54, 1.807) is 12.1 Å². The third-order valence-electron chi connectivity index (χ3n) is 2.47. The highest BCUT2D eigenvalue weighted by Gasteiger charge is 2.43. The van der Waals surface area contributed by atoms with E-state index >= 15 is 0 Å². The summed E-state index contributed by atoms with van der Waals surface area (Å²) in [5.74, 6) is 0.299. The maximum Gasteiger partial charge on any atom is 0.311 e. The van der Waals surface area contributed by atoms with Crippen LogP contribution in [0.25, 0.3) is 0 Å². The molecule has 0 saturated heterocycles. The fourth-order valence-electron chi connectivity index (χ4n) is 1.69. The van der Waals surface area contributed by atoms with Crippen molar-refractivity contribution in [1.29, 1.82) is 0 Å². The van der Waals surface area contributed by atoms with Crippen LogP contribution in [0.1, 0.15) is 24.8 Å². The van der Waals surface area contributed by atoms with Crippen LogP contribution in [0.15, 0.2) is 18.2 Å². The Morgan fingerprint density at radius 3 is 2.80 bits per heavy atom. The Labute approximate surface area is 92.0 Å². The number of benzene rings is 1. The number of nitro groups is 1. The molecule has 0 fully saturated rings. The minimum absolute atomic E-state index is 0.0243. The lowest BCUT2D eigenvalue weighted by molar-refractivity contribution is -0.386. The molecule has 0 radical (unpaired) electrons. The predicted molar refractivity (Wildman–Crippen MR) is 56.4 cm³/mol. The average molecular weight is 228 g/mol. The Bertz CT molecular complexity index is 431. The number of hydrogen-bond donors (Lipinski definition) is 0. The molecule has 1 atom stereocenters. The van der Waals surface area contributed by atoms with Crippen molar-refractivity contribution >= 4 is 17.3 Å². The third kappa shape index (κ3) is 1.45. The lowest BCUT2D eigenvalue weighted by atomic mass is 10.0. The maximum absolute atomic E-state index is 10.8. The Morgan fingerprint density at radius 2 is 2.20 bits per heavy atom. The van der Waals surface area contributed by atoms with Crippen molar-refractivity contribution in [2.75, 3.05) is 0 Å². The molecule has 1 aromatic rings. The molecule has 1 unspecified atom stereocenters. The first-order chi connectivity index (χ1) is 6.93. The molecule has 0 aromatic heterocycles. The van der Waals surface area contributed by atoms with E-state index in [1.165, 1.54) is 6.07 Å². The van der Waals surface area contributed by atoms with Crippen molar-refractivity contribution in [2.45, 2.75) is 24.8 Å². The summed E-state index contributed by atoms with van der Waals surface area (Å²) >= 11 is 6.16. The first-order valence-corrected chi connectivity index (χ1v) is 4.97. The van der Waals surface area contributed by atoms with Gasteiger partial charge in [-0.25, -0.2) is 0 Å². The molecule has 15 heavy (non-hydrogen) atoms. The largest absolute Gasteiger partial charge is 0.479 e. The molecule has 2 rings (SSSR count). The second-order valence-electron chi connectivity index (χ2n) is 4.02. The van der Waals surface area contributed by atoms with Gasteiger partial charge in [0.2, 0.25) is 5.75 Å². The molecule has 0 aliphatic carbocycles. The van der Waals surface area contributed by atoms with Crippen LogP contribution >= 0.6 is 11.6 Å². The number of halogens is 1. The zero-order valence-corrected chi connectivity index (χ0v) is 9.12. The van der Waals surface area contributed by atoms with Crippen molar-refractivity contribution in [3.8, 4) is 5.75 Å². The van der Waals surface area contributed by atoms with Gasteiger partial charge in [0, 0.05) is 11.6 Å². The Balaban J connectivity index is 2.59. The van der Waals surface area contributed by atoms with E-state index < -0.39 is 10.5 Å². The molecule has 0 amide bonds. The van der Waals surface area contributed by atoms with Crippen LogP contribution < -0.4 is 4.74 Å². The highest BCUT2D eigenvalue weighted by Crippen LogP contribution is 2.50. The van der Waals surface area contributed by atoms with Gasteiger partial charge in [-0.2, -0.15) is 0 Å². The van der Waals surface area contributed by atoms with Gasteiger partial charge < -0.3 is 4.74 Å². The number of rotatable bonds is 1. The third-order valence-corrected chi connectivity index (χ3v) is 3.23. The number of ether oxygens (including phenoxy) is 1. The highest BCUT2D eigenvalue weighted by molar-refractivity contribution is 6.22. The number of alkyl halides is 1. The Kier molecular flexibility index (Phi) is 2.12. The number of nitro benzene ring substituents is 1. The summed E-state index contributed by atoms with van der Waals surface area (Å²) in [7, 11) is 0. The molecule has 0 saturated carbocycles. The van der Waals surface area contributed by atoms with Crippen molar-refractivity contribution in [2.24, 2.45) is 0 Å². The van der Waals surface area contributed by atoms with E-state index in [-0.39, 0.29) is 11.1 Å². The average Bonchev–Trinajstić information content (AvgIpc) is 2.37. The van der Waals surface area contributed by atoms with E-state index in [0.29, 0.717) is 11.3 Å². The molecule has 4 nitrogen and oxygen atoms in total. The number of nitrogens with zero attached hydrogens (tertiary/aromatic N) is 1. The zero-order chi connectivity index (χ0) is 11.2. The van der Waals surface area contributed by atoms with Gasteiger partial charge in [0.15, 0.2) is 0 Å². The molecule has 1 aromatic carbocycles. The van der Waals surface area contributed by atoms with Gasteiger partial charge in [-0.3, -0.25) is 10.1 Å². The number of hydrogen-bond acceptors (Lipinski definition) is 3. The van der Waals surface area contributed by atoms with Gasteiger partial charge >= 0.3 is 5.69 Å². The van der Waals surface area contributed by atoms with Gasteiger partial charge in [0.05, 0.1) is 4.92 Å². The summed E-state index contributed by atoms with van der Waals surface area (Å²) in [5, 5.41) is 10.4. The summed E-state index contributed by atoms with van der Waals surface area (Å²) < 4.78 is 5.53. The van der Waals surface area contributed by atoms with Crippen LogP contribution in [0.4, 0.5) is 5.69 Å². The Hall–Kier alpha value is -1.29. The van der Waals surface area contributed by atoms with E-state index in [9.17, 15) is 10.1 Å². The van der Waals surface area contributed by atoms with E-state index in [2.05, 4.69) is 0 Å². The molecule has 1 heterocycles. The minimum atomic E-state index is -0.601. The monoisotopic (exact) mass is 227 g/mol. The zero-order valence-electron chi connectivity index (χ0n) is 8.36. The van der Waals surface area contributed by atoms with Gasteiger partial charge in [0.25, 0.3) is 0 Å². The fourth-order valence-corrected chi connectivity index (χ4v) is 1.90. The quantitative estimate of drug-likeness (QED) is 0.421. The fraction of sp³-hybridized carbons (Fsp3) is 0.400. The van der Waals surface area contributed by atoms with Crippen LogP contribution in [-0.4, -0.2) is 10.5 Å². The molecule has 1 aliphatic rings. The molecular weight excluding hydrogens is 218 g/mol. The van der Waals surface area contributed by atoms with Gasteiger partial charge in [-0.05, 0) is 13.8 Å². The summed E-state index contributed by atoms with van der Waals surface area (Å²) in [4.78, 5) is 10.3. The molecule has 1 aliphatic heterocycles. The minimum Gasteiger partial charge on any atom is -0.479 e. The predicted octanol–water partition coefficient (Wildman–Crippen LogP) is 3.05. The van der Waals surface area contributed by atoms with Crippen LogP contribution in [0.5, 0.6) is 5.75 Å². The highest BCUT2D eigenvalue weighted by atomic mass is 35.5. The van der Waals surface area contributed by atoms with Gasteiger partial charge in [-0.15, -0.1) is 11.6 Å². The van der Waals surface area contributed by atoms with Crippen LogP contribution in [0.3, 0.4) is 0 Å². The number of para-hydroxylation sites is 1. The second-order valence-corrected chi connectivity index (χ2v) is 4.46. The van der Waals surface area contributed by atoms with Crippen molar-refractivity contribution in [3.05, 3.63) is 33.9 Å². The SMILES string of the molecule is CC1(C)Oc2c(cccc2[N+](=O)[O-])C1Cl. The van der Waals surface area contributed by atoms with Crippen LogP contribution in [0, 0.1) is 10.1 Å². The summed E-state index contributed by atoms with van der Waals surface area (Å²) in [6.07, 6.45) is 0. The Morgan fingerprint density at radius 1 is 1.53 bits per heavy atom. The van der Waals surface area contributed by atoms with Crippen molar-refractivity contribution < 1.29 is 9.66 Å². The van der Waals surface area contributed by atoms with E-state index in [1.807, 2.05) is 13.8 Å². The summed E-state index contributed by atoms with van der Waals surface area (Å²) in [6.45, 7) is 3.63. The molecule has 5 heteroatoms. The van der Waals surface area contributed by atoms with Crippen LogP contribution in [-0.2, 0) is 0 Å². The van der Waals surface area contributed by atoms with Crippen molar-refractivity contribution in [3.63, 3.8) is 0 Å². The number of fused-ring (bicyclic) bond motifs is 1. The topological polar surface area (TPSA) is 52.4 Å². The molecular formula is C10H10ClNO3. The normalized spacial score (nSPS) is 21.9. The van der Waals surface area contributed by atoms with E-state index in [0.717, 1.165) is 0 Å². The standard InChI is InChI=1S/C10H10ClNO3/c1-10(2)9(11)6-4-3-5-7(12(13)14)8(6)15-10/h3-5,9H,1-2H3. The van der Waals surface area contributed by atoms with Gasteiger partial charge in [0.1, 0.15) is 11.0 Å². The van der Waals surface area contributed by atoms with Gasteiger partial charge in [-0.1, -0.05) is 12.1 Å². The molecule has 80 valence electrons. The molecule has 0 bridgehead atoms. The first-order valence-electron chi connectivity index (χ1n) is 4.54. The lowest BCUT2D eigenvalue weighted by Crippen LogP contribution is -2.27. The summed E-state index contributed by atoms with van der Waals surface area (Å²) in [5.41, 5.74) is 0.0651. The molecule has 0 N–H and O–H groups in total. The molecule has 0 spiro atoms. The smallest absolute Gasteiger partial charge is 0.311 e. The summed E-state index contributed by atoms with van der Waals surface area (Å²) in [6, 6.07) is 4.80. The second kappa shape index (κ2) is 3.10. The van der Waals surface area contributed by atoms with Crippen molar-refractivity contribution in [1.82, 2.24) is 0 Å². The van der Waals surface area contributed by atoms with E-state index in [4.69, 9.17) is 16.3 Å². The van der Waals surface area contributed by atoms with Crippen LogP contribution in [0.2, 0.25) is 0 Å².